The topological polar surface area (TPSA) is 96.5 Å². The number of hydrogen-bond donors (Lipinski definition) is 2. The van der Waals surface area contributed by atoms with Crippen LogP contribution in [0.4, 0.5) is 5.13 Å². The fourth-order valence-corrected chi connectivity index (χ4v) is 2.87. The lowest BCUT2D eigenvalue weighted by atomic mass is 9.90. The SMILES string of the molecule is Cc1nc(N)sc1C(=O)N1CCC(C)(C(=O)O)C1. The molecule has 0 radical (unpaired) electrons. The number of likely N-dealkylation sites (tertiary alicyclic amines) is 1. The molecular formula is C11H15N3O3S. The summed E-state index contributed by atoms with van der Waals surface area (Å²) in [5.74, 6) is -1.04. The molecule has 18 heavy (non-hydrogen) atoms. The summed E-state index contributed by atoms with van der Waals surface area (Å²) in [6.45, 7) is 4.08. The first kappa shape index (κ1) is 12.8. The van der Waals surface area contributed by atoms with Crippen molar-refractivity contribution in [3.05, 3.63) is 10.6 Å². The zero-order valence-electron chi connectivity index (χ0n) is 10.3. The molecule has 2 heterocycles. The van der Waals surface area contributed by atoms with Crippen molar-refractivity contribution >= 4 is 28.3 Å². The van der Waals surface area contributed by atoms with Crippen molar-refractivity contribution in [2.75, 3.05) is 18.8 Å². The zero-order valence-corrected chi connectivity index (χ0v) is 11.1. The van der Waals surface area contributed by atoms with Crippen molar-refractivity contribution in [2.24, 2.45) is 5.41 Å². The van der Waals surface area contributed by atoms with Crippen LogP contribution in [0.1, 0.15) is 28.7 Å². The summed E-state index contributed by atoms with van der Waals surface area (Å²) >= 11 is 1.15. The first-order valence-corrected chi connectivity index (χ1v) is 6.41. The van der Waals surface area contributed by atoms with Gasteiger partial charge in [-0.3, -0.25) is 9.59 Å². The number of rotatable bonds is 2. The Morgan fingerprint density at radius 1 is 1.56 bits per heavy atom. The Kier molecular flexibility index (Phi) is 3.02. The molecular weight excluding hydrogens is 254 g/mol. The van der Waals surface area contributed by atoms with E-state index in [1.165, 1.54) is 0 Å². The molecule has 0 bridgehead atoms. The van der Waals surface area contributed by atoms with E-state index in [9.17, 15) is 9.59 Å². The van der Waals surface area contributed by atoms with Gasteiger partial charge in [-0.2, -0.15) is 0 Å². The Morgan fingerprint density at radius 3 is 2.67 bits per heavy atom. The quantitative estimate of drug-likeness (QED) is 0.834. The fourth-order valence-electron chi connectivity index (χ4n) is 2.07. The van der Waals surface area contributed by atoms with Gasteiger partial charge in [0.1, 0.15) is 4.88 Å². The van der Waals surface area contributed by atoms with Gasteiger partial charge in [-0.15, -0.1) is 0 Å². The van der Waals surface area contributed by atoms with Gasteiger partial charge in [0.15, 0.2) is 5.13 Å². The van der Waals surface area contributed by atoms with E-state index in [0.717, 1.165) is 11.3 Å². The van der Waals surface area contributed by atoms with Crippen molar-refractivity contribution in [1.29, 1.82) is 0 Å². The van der Waals surface area contributed by atoms with E-state index in [4.69, 9.17) is 10.8 Å². The molecule has 1 atom stereocenters. The monoisotopic (exact) mass is 269 g/mol. The molecule has 1 aromatic heterocycles. The average Bonchev–Trinajstić information content (AvgIpc) is 2.82. The van der Waals surface area contributed by atoms with Crippen molar-refractivity contribution in [3.8, 4) is 0 Å². The van der Waals surface area contributed by atoms with Gasteiger partial charge in [0.2, 0.25) is 0 Å². The first-order valence-electron chi connectivity index (χ1n) is 5.59. The Hall–Kier alpha value is -1.63. The molecule has 1 fully saturated rings. The highest BCUT2D eigenvalue weighted by molar-refractivity contribution is 7.17. The van der Waals surface area contributed by atoms with E-state index in [0.29, 0.717) is 28.7 Å². The number of nitrogens with zero attached hydrogens (tertiary/aromatic N) is 2. The predicted octanol–water partition coefficient (Wildman–Crippen LogP) is 0.971. The number of carbonyl (C=O) groups is 2. The number of nitrogens with two attached hydrogens (primary N) is 1. The lowest BCUT2D eigenvalue weighted by Crippen LogP contribution is -2.34. The van der Waals surface area contributed by atoms with Crippen LogP contribution in [0.25, 0.3) is 0 Å². The van der Waals surface area contributed by atoms with Crippen LogP contribution in [-0.2, 0) is 4.79 Å². The lowest BCUT2D eigenvalue weighted by Gasteiger charge is -2.19. The summed E-state index contributed by atoms with van der Waals surface area (Å²) in [5, 5.41) is 9.49. The number of anilines is 1. The number of carbonyl (C=O) groups excluding carboxylic acids is 1. The number of nitrogen functional groups attached to an aromatic ring is 1. The summed E-state index contributed by atoms with van der Waals surface area (Å²) in [5.41, 5.74) is 5.32. The minimum absolute atomic E-state index is 0.174. The third kappa shape index (κ3) is 2.05. The summed E-state index contributed by atoms with van der Waals surface area (Å²) in [4.78, 5) is 29.4. The minimum atomic E-state index is -0.863. The second kappa shape index (κ2) is 4.24. The highest BCUT2D eigenvalue weighted by Gasteiger charge is 2.42. The number of thiazole rings is 1. The van der Waals surface area contributed by atoms with E-state index >= 15 is 0 Å². The minimum Gasteiger partial charge on any atom is -0.481 e. The smallest absolute Gasteiger partial charge is 0.311 e. The van der Waals surface area contributed by atoms with E-state index in [-0.39, 0.29) is 12.5 Å². The van der Waals surface area contributed by atoms with Crippen LogP contribution in [0.3, 0.4) is 0 Å². The van der Waals surface area contributed by atoms with E-state index in [1.54, 1.807) is 18.7 Å². The van der Waals surface area contributed by atoms with Gasteiger partial charge in [-0.05, 0) is 20.3 Å². The third-order valence-corrected chi connectivity index (χ3v) is 4.26. The lowest BCUT2D eigenvalue weighted by molar-refractivity contribution is -0.147. The number of amides is 1. The Morgan fingerprint density at radius 2 is 2.22 bits per heavy atom. The van der Waals surface area contributed by atoms with Gasteiger partial charge in [-0.1, -0.05) is 11.3 Å². The molecule has 6 nitrogen and oxygen atoms in total. The van der Waals surface area contributed by atoms with Gasteiger partial charge in [0.25, 0.3) is 5.91 Å². The number of carboxylic acid groups (broad SMARTS) is 1. The first-order chi connectivity index (χ1) is 8.33. The van der Waals surface area contributed by atoms with Crippen molar-refractivity contribution in [3.63, 3.8) is 0 Å². The largest absolute Gasteiger partial charge is 0.481 e. The molecule has 0 aliphatic carbocycles. The molecule has 1 aliphatic heterocycles. The van der Waals surface area contributed by atoms with Crippen LogP contribution in [0.2, 0.25) is 0 Å². The van der Waals surface area contributed by atoms with Crippen LogP contribution in [0, 0.1) is 12.3 Å². The normalized spacial score (nSPS) is 23.3. The highest BCUT2D eigenvalue weighted by atomic mass is 32.1. The van der Waals surface area contributed by atoms with Crippen LogP contribution >= 0.6 is 11.3 Å². The molecule has 1 saturated heterocycles. The molecule has 98 valence electrons. The van der Waals surface area contributed by atoms with Gasteiger partial charge in [0.05, 0.1) is 11.1 Å². The third-order valence-electron chi connectivity index (χ3n) is 3.28. The maximum atomic E-state index is 12.2. The Balaban J connectivity index is 2.18. The number of carboxylic acids is 1. The number of aryl methyl sites for hydroxylation is 1. The molecule has 0 aromatic carbocycles. The van der Waals surface area contributed by atoms with E-state index in [2.05, 4.69) is 4.98 Å². The maximum Gasteiger partial charge on any atom is 0.311 e. The second-order valence-electron chi connectivity index (χ2n) is 4.81. The van der Waals surface area contributed by atoms with Gasteiger partial charge in [0, 0.05) is 13.1 Å². The molecule has 2 rings (SSSR count). The second-order valence-corrected chi connectivity index (χ2v) is 5.84. The van der Waals surface area contributed by atoms with Crippen LogP contribution in [-0.4, -0.2) is 40.0 Å². The van der Waals surface area contributed by atoms with Crippen LogP contribution in [0.15, 0.2) is 0 Å². The standard InChI is InChI=1S/C11H15N3O3S/c1-6-7(18-10(12)13-6)8(15)14-4-3-11(2,5-14)9(16)17/h3-5H2,1-2H3,(H2,12,13)(H,16,17). The zero-order chi connectivity index (χ0) is 13.5. The number of aliphatic carboxylic acids is 1. The Labute approximate surface area is 108 Å². The van der Waals surface area contributed by atoms with Crippen molar-refractivity contribution in [1.82, 2.24) is 9.88 Å². The number of hydrogen-bond acceptors (Lipinski definition) is 5. The number of aromatic nitrogens is 1. The van der Waals surface area contributed by atoms with Crippen LogP contribution < -0.4 is 5.73 Å². The van der Waals surface area contributed by atoms with E-state index < -0.39 is 11.4 Å². The predicted molar refractivity (Wildman–Crippen MR) is 67.5 cm³/mol. The molecule has 7 heteroatoms. The average molecular weight is 269 g/mol. The maximum absolute atomic E-state index is 12.2. The molecule has 3 N–H and O–H groups in total. The van der Waals surface area contributed by atoms with Gasteiger partial charge < -0.3 is 15.7 Å². The fraction of sp³-hybridized carbons (Fsp3) is 0.545. The van der Waals surface area contributed by atoms with Gasteiger partial charge in [-0.25, -0.2) is 4.98 Å². The summed E-state index contributed by atoms with van der Waals surface area (Å²) in [6, 6.07) is 0. The highest BCUT2D eigenvalue weighted by Crippen LogP contribution is 2.32. The molecule has 1 aliphatic rings. The van der Waals surface area contributed by atoms with Crippen molar-refractivity contribution in [2.45, 2.75) is 20.3 Å². The summed E-state index contributed by atoms with van der Waals surface area (Å²) < 4.78 is 0. The summed E-state index contributed by atoms with van der Waals surface area (Å²) in [6.07, 6.45) is 0.474. The molecule has 0 spiro atoms. The van der Waals surface area contributed by atoms with Crippen LogP contribution in [0.5, 0.6) is 0 Å². The van der Waals surface area contributed by atoms with Crippen molar-refractivity contribution < 1.29 is 14.7 Å². The van der Waals surface area contributed by atoms with E-state index in [1.807, 2.05) is 0 Å². The molecule has 1 aromatic rings. The molecule has 1 unspecified atom stereocenters. The summed E-state index contributed by atoms with van der Waals surface area (Å²) in [7, 11) is 0. The molecule has 1 amide bonds. The Bertz CT molecular complexity index is 514. The molecule has 0 saturated carbocycles. The van der Waals surface area contributed by atoms with Gasteiger partial charge >= 0.3 is 5.97 Å².